The predicted molar refractivity (Wildman–Crippen MR) is 84.6 cm³/mol. The Balaban J connectivity index is 1.96. The minimum absolute atomic E-state index is 0.194. The summed E-state index contributed by atoms with van der Waals surface area (Å²) < 4.78 is 5.12. The Morgan fingerprint density at radius 2 is 1.76 bits per heavy atom. The first-order valence-corrected chi connectivity index (χ1v) is 7.15. The maximum atomic E-state index is 12.4. The van der Waals surface area contributed by atoms with E-state index in [-0.39, 0.29) is 11.7 Å². The van der Waals surface area contributed by atoms with E-state index in [0.29, 0.717) is 13.0 Å². The van der Waals surface area contributed by atoms with Crippen LogP contribution in [-0.4, -0.2) is 19.4 Å². The fourth-order valence-electron chi connectivity index (χ4n) is 2.37. The van der Waals surface area contributed by atoms with Gasteiger partial charge in [0.25, 0.3) is 0 Å². The van der Waals surface area contributed by atoms with Crippen LogP contribution in [0.4, 0.5) is 0 Å². The third kappa shape index (κ3) is 4.17. The van der Waals surface area contributed by atoms with Gasteiger partial charge in [-0.2, -0.15) is 0 Å². The van der Waals surface area contributed by atoms with Crippen LogP contribution in [0.5, 0.6) is 5.75 Å². The molecule has 110 valence electrons. The molecule has 0 aliphatic rings. The highest BCUT2D eigenvalue weighted by molar-refractivity contribution is 5.86. The third-order valence-corrected chi connectivity index (χ3v) is 3.65. The van der Waals surface area contributed by atoms with Crippen LogP contribution in [0.3, 0.4) is 0 Å². The second-order valence-electron chi connectivity index (χ2n) is 5.01. The molecule has 0 saturated carbocycles. The van der Waals surface area contributed by atoms with Gasteiger partial charge in [-0.3, -0.25) is 4.79 Å². The van der Waals surface area contributed by atoms with E-state index < -0.39 is 0 Å². The Bertz CT molecular complexity index is 564. The minimum atomic E-state index is -0.204. The topological polar surface area (TPSA) is 52.3 Å². The zero-order valence-electron chi connectivity index (χ0n) is 12.3. The van der Waals surface area contributed by atoms with Crippen molar-refractivity contribution in [2.75, 3.05) is 13.7 Å². The van der Waals surface area contributed by atoms with Crippen molar-refractivity contribution in [1.82, 2.24) is 0 Å². The molecule has 2 rings (SSSR count). The molecule has 21 heavy (non-hydrogen) atoms. The average Bonchev–Trinajstić information content (AvgIpc) is 2.55. The monoisotopic (exact) mass is 283 g/mol. The summed E-state index contributed by atoms with van der Waals surface area (Å²) in [6.45, 7) is 0.353. The van der Waals surface area contributed by atoms with Crippen LogP contribution in [0.15, 0.2) is 54.6 Å². The molecule has 0 fully saturated rings. The largest absolute Gasteiger partial charge is 0.497 e. The molecule has 2 aromatic carbocycles. The first kappa shape index (κ1) is 15.3. The summed E-state index contributed by atoms with van der Waals surface area (Å²) in [6, 6.07) is 17.6. The normalized spacial score (nSPS) is 11.9. The Labute approximate surface area is 125 Å². The van der Waals surface area contributed by atoms with Crippen molar-refractivity contribution in [3.05, 3.63) is 65.7 Å². The molecule has 0 bridgehead atoms. The number of hydrogen-bond acceptors (Lipinski definition) is 3. The molecular formula is C18H21NO2. The number of ketones is 1. The predicted octanol–water partition coefficient (Wildman–Crippen LogP) is 2.94. The number of carbonyl (C=O) groups is 1. The molecule has 1 atom stereocenters. The maximum Gasteiger partial charge on any atom is 0.141 e. The standard InChI is InChI=1S/C18H21NO2/c1-21-16-10-7-14(8-11-16)9-12-18(20)17(13-19)15-5-3-2-4-6-15/h2-8,10-11,17H,9,12-13,19H2,1H3. The van der Waals surface area contributed by atoms with Gasteiger partial charge in [0, 0.05) is 13.0 Å². The second-order valence-corrected chi connectivity index (χ2v) is 5.01. The summed E-state index contributed by atoms with van der Waals surface area (Å²) in [4.78, 5) is 12.4. The van der Waals surface area contributed by atoms with Gasteiger partial charge in [-0.25, -0.2) is 0 Å². The molecule has 0 saturated heterocycles. The number of carbonyl (C=O) groups excluding carboxylic acids is 1. The van der Waals surface area contributed by atoms with Crippen LogP contribution in [0.1, 0.15) is 23.5 Å². The van der Waals surface area contributed by atoms with Gasteiger partial charge in [0.15, 0.2) is 0 Å². The van der Waals surface area contributed by atoms with E-state index in [2.05, 4.69) is 0 Å². The SMILES string of the molecule is COc1ccc(CCC(=O)C(CN)c2ccccc2)cc1. The number of Topliss-reactive ketones (excluding diaryl/α,β-unsaturated/α-hetero) is 1. The Morgan fingerprint density at radius 3 is 2.33 bits per heavy atom. The highest BCUT2D eigenvalue weighted by Crippen LogP contribution is 2.19. The molecule has 2 N–H and O–H groups in total. The second kappa shape index (κ2) is 7.60. The van der Waals surface area contributed by atoms with Gasteiger partial charge < -0.3 is 10.5 Å². The Morgan fingerprint density at radius 1 is 1.10 bits per heavy atom. The van der Waals surface area contributed by atoms with Gasteiger partial charge >= 0.3 is 0 Å². The van der Waals surface area contributed by atoms with Gasteiger partial charge in [-0.1, -0.05) is 42.5 Å². The van der Waals surface area contributed by atoms with E-state index in [1.807, 2.05) is 54.6 Å². The summed E-state index contributed by atoms with van der Waals surface area (Å²) in [6.07, 6.45) is 1.23. The van der Waals surface area contributed by atoms with Gasteiger partial charge in [0.05, 0.1) is 13.0 Å². The van der Waals surface area contributed by atoms with E-state index in [1.54, 1.807) is 7.11 Å². The first-order chi connectivity index (χ1) is 10.2. The Kier molecular flexibility index (Phi) is 5.52. The number of hydrogen-bond donors (Lipinski definition) is 1. The van der Waals surface area contributed by atoms with Gasteiger partial charge in [0.1, 0.15) is 11.5 Å². The number of benzene rings is 2. The average molecular weight is 283 g/mol. The lowest BCUT2D eigenvalue weighted by Gasteiger charge is -2.14. The lowest BCUT2D eigenvalue weighted by atomic mass is 9.91. The molecule has 3 heteroatoms. The fraction of sp³-hybridized carbons (Fsp3) is 0.278. The van der Waals surface area contributed by atoms with Gasteiger partial charge in [-0.05, 0) is 29.7 Å². The van der Waals surface area contributed by atoms with Crippen LogP contribution in [0, 0.1) is 0 Å². The number of rotatable bonds is 7. The summed E-state index contributed by atoms with van der Waals surface area (Å²) in [5.41, 5.74) is 7.91. The first-order valence-electron chi connectivity index (χ1n) is 7.15. The van der Waals surface area contributed by atoms with E-state index in [4.69, 9.17) is 10.5 Å². The highest BCUT2D eigenvalue weighted by atomic mass is 16.5. The molecule has 0 aliphatic carbocycles. The van der Waals surface area contributed by atoms with Crippen molar-refractivity contribution < 1.29 is 9.53 Å². The van der Waals surface area contributed by atoms with Gasteiger partial charge in [0.2, 0.25) is 0 Å². The lowest BCUT2D eigenvalue weighted by Crippen LogP contribution is -2.22. The van der Waals surface area contributed by atoms with Crippen LogP contribution >= 0.6 is 0 Å². The summed E-state index contributed by atoms with van der Waals surface area (Å²) >= 11 is 0. The van der Waals surface area contributed by atoms with E-state index in [0.717, 1.165) is 23.3 Å². The minimum Gasteiger partial charge on any atom is -0.497 e. The quantitative estimate of drug-likeness (QED) is 0.850. The maximum absolute atomic E-state index is 12.4. The van der Waals surface area contributed by atoms with Crippen molar-refractivity contribution >= 4 is 5.78 Å². The zero-order chi connectivity index (χ0) is 15.1. The van der Waals surface area contributed by atoms with Crippen molar-refractivity contribution in [3.8, 4) is 5.75 Å². The molecule has 0 aliphatic heterocycles. The molecule has 3 nitrogen and oxygen atoms in total. The van der Waals surface area contributed by atoms with Crippen molar-refractivity contribution in [2.24, 2.45) is 5.73 Å². The molecule has 0 aromatic heterocycles. The number of ether oxygens (including phenoxy) is 1. The van der Waals surface area contributed by atoms with Crippen LogP contribution in [-0.2, 0) is 11.2 Å². The molecule has 1 unspecified atom stereocenters. The molecular weight excluding hydrogens is 262 g/mol. The smallest absolute Gasteiger partial charge is 0.141 e. The Hall–Kier alpha value is -2.13. The van der Waals surface area contributed by atoms with Crippen LogP contribution in [0.2, 0.25) is 0 Å². The van der Waals surface area contributed by atoms with Crippen molar-refractivity contribution in [3.63, 3.8) is 0 Å². The molecule has 0 spiro atoms. The van der Waals surface area contributed by atoms with Crippen LogP contribution < -0.4 is 10.5 Å². The van der Waals surface area contributed by atoms with E-state index >= 15 is 0 Å². The number of aryl methyl sites for hydroxylation is 1. The highest BCUT2D eigenvalue weighted by Gasteiger charge is 2.18. The summed E-state index contributed by atoms with van der Waals surface area (Å²) in [5.74, 6) is 0.818. The summed E-state index contributed by atoms with van der Waals surface area (Å²) in [7, 11) is 1.64. The van der Waals surface area contributed by atoms with Crippen molar-refractivity contribution in [2.45, 2.75) is 18.8 Å². The zero-order valence-corrected chi connectivity index (χ0v) is 12.3. The fourth-order valence-corrected chi connectivity index (χ4v) is 2.37. The number of nitrogens with two attached hydrogens (primary N) is 1. The van der Waals surface area contributed by atoms with Gasteiger partial charge in [-0.15, -0.1) is 0 Å². The third-order valence-electron chi connectivity index (χ3n) is 3.65. The van der Waals surface area contributed by atoms with E-state index in [9.17, 15) is 4.79 Å². The van der Waals surface area contributed by atoms with Crippen molar-refractivity contribution in [1.29, 1.82) is 0 Å². The lowest BCUT2D eigenvalue weighted by molar-refractivity contribution is -0.120. The number of methoxy groups -OCH3 is 1. The van der Waals surface area contributed by atoms with E-state index in [1.165, 1.54) is 0 Å². The molecule has 0 radical (unpaired) electrons. The molecule has 0 amide bonds. The van der Waals surface area contributed by atoms with Crippen LogP contribution in [0.25, 0.3) is 0 Å². The summed E-state index contributed by atoms with van der Waals surface area (Å²) in [5, 5.41) is 0. The molecule has 2 aromatic rings. The molecule has 0 heterocycles.